The van der Waals surface area contributed by atoms with Crippen molar-refractivity contribution in [3.63, 3.8) is 0 Å². The summed E-state index contributed by atoms with van der Waals surface area (Å²) < 4.78 is 6.63. The topological polar surface area (TPSA) is 93.4 Å². The smallest absolute Gasteiger partial charge is 0.414 e. The Morgan fingerprint density at radius 2 is 2.08 bits per heavy atom. The zero-order valence-electron chi connectivity index (χ0n) is 13.0. The van der Waals surface area contributed by atoms with Crippen molar-refractivity contribution in [2.45, 2.75) is 20.0 Å². The third kappa shape index (κ3) is 3.38. The van der Waals surface area contributed by atoms with Crippen LogP contribution in [0.4, 0.5) is 22.2 Å². The fourth-order valence-electron chi connectivity index (χ4n) is 2.02. The summed E-state index contributed by atoms with van der Waals surface area (Å²) in [6.07, 6.45) is 2.37. The molecule has 2 heterocycles. The second-order valence-corrected chi connectivity index (χ2v) is 5.58. The van der Waals surface area contributed by atoms with Gasteiger partial charge in [0, 0.05) is 12.4 Å². The molecule has 0 radical (unpaired) electrons. The molecule has 8 nitrogen and oxygen atoms in total. The lowest BCUT2D eigenvalue weighted by molar-refractivity contribution is 0.129. The van der Waals surface area contributed by atoms with Crippen LogP contribution in [0, 0.1) is 0 Å². The van der Waals surface area contributed by atoms with Crippen LogP contribution in [0.2, 0.25) is 5.02 Å². The second kappa shape index (κ2) is 6.71. The summed E-state index contributed by atoms with van der Waals surface area (Å²) in [7, 11) is 0. The summed E-state index contributed by atoms with van der Waals surface area (Å²) in [4.78, 5) is 16.0. The van der Waals surface area contributed by atoms with Gasteiger partial charge in [-0.3, -0.25) is 9.72 Å². The maximum atomic E-state index is 11.7. The number of hydrogen-bond donors (Lipinski definition) is 2. The van der Waals surface area contributed by atoms with Crippen molar-refractivity contribution in [1.82, 2.24) is 19.6 Å². The number of nitrogens with zero attached hydrogens (tertiary/aromatic N) is 4. The third-order valence-electron chi connectivity index (χ3n) is 3.01. The van der Waals surface area contributed by atoms with Gasteiger partial charge in [0.2, 0.25) is 11.6 Å². The molecular formula is C15H15ClN6O2. The number of anilines is 3. The first-order valence-electron chi connectivity index (χ1n) is 7.23. The van der Waals surface area contributed by atoms with Crippen molar-refractivity contribution in [2.75, 3.05) is 10.6 Å². The van der Waals surface area contributed by atoms with Gasteiger partial charge in [0.05, 0.1) is 16.8 Å². The molecule has 1 amide bonds. The van der Waals surface area contributed by atoms with E-state index in [9.17, 15) is 4.79 Å². The molecule has 9 heteroatoms. The summed E-state index contributed by atoms with van der Waals surface area (Å²) in [6, 6.07) is 7.28. The average Bonchev–Trinajstić information content (AvgIpc) is 2.93. The van der Waals surface area contributed by atoms with Gasteiger partial charge in [-0.2, -0.15) is 0 Å². The first kappa shape index (κ1) is 16.0. The Morgan fingerprint density at radius 3 is 2.83 bits per heavy atom. The largest absolute Gasteiger partial charge is 0.447 e. The van der Waals surface area contributed by atoms with Crippen molar-refractivity contribution in [1.29, 1.82) is 0 Å². The van der Waals surface area contributed by atoms with Gasteiger partial charge < -0.3 is 10.1 Å². The minimum absolute atomic E-state index is 0.233. The minimum Gasteiger partial charge on any atom is -0.447 e. The van der Waals surface area contributed by atoms with E-state index >= 15 is 0 Å². The number of para-hydroxylation sites is 1. The highest BCUT2D eigenvalue weighted by Gasteiger charge is 2.14. The van der Waals surface area contributed by atoms with Crippen LogP contribution in [-0.2, 0) is 4.74 Å². The maximum absolute atomic E-state index is 11.7. The second-order valence-electron chi connectivity index (χ2n) is 5.18. The molecule has 3 aromatic rings. The van der Waals surface area contributed by atoms with E-state index in [1.165, 1.54) is 0 Å². The van der Waals surface area contributed by atoms with Crippen molar-refractivity contribution in [2.24, 2.45) is 0 Å². The molecule has 1 aromatic carbocycles. The normalized spacial score (nSPS) is 10.8. The zero-order valence-corrected chi connectivity index (χ0v) is 13.8. The quantitative estimate of drug-likeness (QED) is 0.751. The monoisotopic (exact) mass is 346 g/mol. The predicted molar refractivity (Wildman–Crippen MR) is 90.8 cm³/mol. The van der Waals surface area contributed by atoms with Crippen LogP contribution in [0.3, 0.4) is 0 Å². The molecule has 0 aliphatic carbocycles. The van der Waals surface area contributed by atoms with Gasteiger partial charge in [-0.1, -0.05) is 23.7 Å². The standard InChI is InChI=1S/C15H15ClN6O2/c1-9(2)24-15(23)19-14-21-20-13-12(17-7-8-22(13)14)18-11-6-4-3-5-10(11)16/h3-9H,1-2H3,(H,17,18)(H,19,21,23). The lowest BCUT2D eigenvalue weighted by Crippen LogP contribution is -2.19. The number of carbonyl (C=O) groups excluding carboxylic acids is 1. The summed E-state index contributed by atoms with van der Waals surface area (Å²) in [5.74, 6) is 0.698. The van der Waals surface area contributed by atoms with E-state index in [1.54, 1.807) is 36.7 Å². The lowest BCUT2D eigenvalue weighted by atomic mass is 10.3. The number of amides is 1. The van der Waals surface area contributed by atoms with Crippen LogP contribution >= 0.6 is 11.6 Å². The summed E-state index contributed by atoms with van der Waals surface area (Å²) in [6.45, 7) is 3.52. The highest BCUT2D eigenvalue weighted by Crippen LogP contribution is 2.26. The number of hydrogen-bond acceptors (Lipinski definition) is 6. The van der Waals surface area contributed by atoms with Gasteiger partial charge in [-0.25, -0.2) is 9.78 Å². The number of halogens is 1. The number of nitrogens with one attached hydrogen (secondary N) is 2. The van der Waals surface area contributed by atoms with Crippen molar-refractivity contribution in [3.05, 3.63) is 41.7 Å². The number of ether oxygens (including phenoxy) is 1. The molecule has 0 unspecified atom stereocenters. The van der Waals surface area contributed by atoms with Crippen LogP contribution in [0.1, 0.15) is 13.8 Å². The van der Waals surface area contributed by atoms with Crippen LogP contribution < -0.4 is 10.6 Å². The fourth-order valence-corrected chi connectivity index (χ4v) is 2.21. The molecule has 3 rings (SSSR count). The molecule has 0 atom stereocenters. The summed E-state index contributed by atoms with van der Waals surface area (Å²) in [5, 5.41) is 14.2. The van der Waals surface area contributed by atoms with E-state index in [-0.39, 0.29) is 12.1 Å². The molecule has 0 spiro atoms. The maximum Gasteiger partial charge on any atom is 0.414 e. The van der Waals surface area contributed by atoms with E-state index in [1.807, 2.05) is 18.2 Å². The van der Waals surface area contributed by atoms with Crippen LogP contribution in [0.5, 0.6) is 0 Å². The lowest BCUT2D eigenvalue weighted by Gasteiger charge is -2.09. The Labute approximate surface area is 142 Å². The number of carbonyl (C=O) groups is 1. The van der Waals surface area contributed by atoms with Gasteiger partial charge in [0.25, 0.3) is 0 Å². The number of benzene rings is 1. The Hall–Kier alpha value is -2.87. The van der Waals surface area contributed by atoms with E-state index in [0.29, 0.717) is 22.2 Å². The molecule has 0 saturated carbocycles. The highest BCUT2D eigenvalue weighted by molar-refractivity contribution is 6.33. The minimum atomic E-state index is -0.600. The number of rotatable bonds is 4. The first-order chi connectivity index (χ1) is 11.5. The van der Waals surface area contributed by atoms with Crippen LogP contribution in [0.15, 0.2) is 36.7 Å². The van der Waals surface area contributed by atoms with Gasteiger partial charge >= 0.3 is 6.09 Å². The predicted octanol–water partition coefficient (Wildman–Crippen LogP) is 3.48. The Balaban J connectivity index is 1.89. The third-order valence-corrected chi connectivity index (χ3v) is 3.34. The Kier molecular flexibility index (Phi) is 4.48. The zero-order chi connectivity index (χ0) is 17.1. The van der Waals surface area contributed by atoms with E-state index in [4.69, 9.17) is 16.3 Å². The molecule has 0 aliphatic heterocycles. The Bertz CT molecular complexity index is 879. The molecular weight excluding hydrogens is 332 g/mol. The summed E-state index contributed by atoms with van der Waals surface area (Å²) >= 11 is 6.14. The number of fused-ring (bicyclic) bond motifs is 1. The van der Waals surface area contributed by atoms with E-state index < -0.39 is 6.09 Å². The van der Waals surface area contributed by atoms with Crippen molar-refractivity contribution in [3.8, 4) is 0 Å². The summed E-state index contributed by atoms with van der Waals surface area (Å²) in [5.41, 5.74) is 1.13. The number of aromatic nitrogens is 4. The fraction of sp³-hybridized carbons (Fsp3) is 0.200. The van der Waals surface area contributed by atoms with Gasteiger partial charge in [-0.15, -0.1) is 10.2 Å². The molecule has 0 bridgehead atoms. The van der Waals surface area contributed by atoms with Gasteiger partial charge in [0.15, 0.2) is 5.82 Å². The first-order valence-corrected chi connectivity index (χ1v) is 7.61. The highest BCUT2D eigenvalue weighted by atomic mass is 35.5. The molecule has 0 aliphatic rings. The molecule has 24 heavy (non-hydrogen) atoms. The van der Waals surface area contributed by atoms with Gasteiger partial charge in [-0.05, 0) is 26.0 Å². The van der Waals surface area contributed by atoms with Gasteiger partial charge in [0.1, 0.15) is 0 Å². The van der Waals surface area contributed by atoms with E-state index in [2.05, 4.69) is 25.8 Å². The molecule has 0 saturated heterocycles. The van der Waals surface area contributed by atoms with Crippen molar-refractivity contribution < 1.29 is 9.53 Å². The van der Waals surface area contributed by atoms with Crippen LogP contribution in [0.25, 0.3) is 5.65 Å². The van der Waals surface area contributed by atoms with Crippen molar-refractivity contribution >= 4 is 40.8 Å². The molecule has 0 fully saturated rings. The van der Waals surface area contributed by atoms with Crippen LogP contribution in [-0.4, -0.2) is 31.8 Å². The Morgan fingerprint density at radius 1 is 1.29 bits per heavy atom. The molecule has 124 valence electrons. The molecule has 2 aromatic heterocycles. The average molecular weight is 347 g/mol. The SMILES string of the molecule is CC(C)OC(=O)Nc1nnc2c(Nc3ccccc3Cl)nccn12. The molecule has 2 N–H and O–H groups in total. The van der Waals surface area contributed by atoms with E-state index in [0.717, 1.165) is 0 Å².